The molecule has 1 saturated carbocycles. The molecule has 1 aliphatic heterocycles. The van der Waals surface area contributed by atoms with Gasteiger partial charge in [0.2, 0.25) is 5.91 Å². The summed E-state index contributed by atoms with van der Waals surface area (Å²) in [6.45, 7) is 4.91. The van der Waals surface area contributed by atoms with Gasteiger partial charge in [0, 0.05) is 25.5 Å². The number of ether oxygens (including phenoxy) is 2. The van der Waals surface area contributed by atoms with Gasteiger partial charge in [-0.15, -0.1) is 0 Å². The molecular formula is C16H29NO3. The van der Waals surface area contributed by atoms with E-state index in [9.17, 15) is 4.79 Å². The molecule has 20 heavy (non-hydrogen) atoms. The van der Waals surface area contributed by atoms with Crippen molar-refractivity contribution >= 4 is 5.91 Å². The molecule has 4 nitrogen and oxygen atoms in total. The highest BCUT2D eigenvalue weighted by atomic mass is 16.5. The Balaban J connectivity index is 1.97. The Hall–Kier alpha value is -0.610. The van der Waals surface area contributed by atoms with Gasteiger partial charge in [-0.05, 0) is 25.2 Å². The Labute approximate surface area is 122 Å². The van der Waals surface area contributed by atoms with E-state index in [0.29, 0.717) is 31.0 Å². The van der Waals surface area contributed by atoms with E-state index in [0.717, 1.165) is 12.8 Å². The Morgan fingerprint density at radius 3 is 2.80 bits per heavy atom. The van der Waals surface area contributed by atoms with Crippen molar-refractivity contribution in [1.29, 1.82) is 0 Å². The van der Waals surface area contributed by atoms with Gasteiger partial charge in [-0.25, -0.2) is 0 Å². The summed E-state index contributed by atoms with van der Waals surface area (Å²) < 4.78 is 11.3. The van der Waals surface area contributed by atoms with Crippen LogP contribution < -0.4 is 5.32 Å². The van der Waals surface area contributed by atoms with Gasteiger partial charge in [0.15, 0.2) is 0 Å². The lowest BCUT2D eigenvalue weighted by Crippen LogP contribution is -2.54. The lowest BCUT2D eigenvalue weighted by molar-refractivity contribution is -0.138. The van der Waals surface area contributed by atoms with E-state index in [-0.39, 0.29) is 18.1 Å². The summed E-state index contributed by atoms with van der Waals surface area (Å²) in [7, 11) is 1.63. The van der Waals surface area contributed by atoms with Crippen LogP contribution in [0.25, 0.3) is 0 Å². The molecule has 1 heterocycles. The van der Waals surface area contributed by atoms with Gasteiger partial charge in [-0.3, -0.25) is 4.79 Å². The summed E-state index contributed by atoms with van der Waals surface area (Å²) in [6, 6.07) is 0.283. The van der Waals surface area contributed by atoms with E-state index in [1.165, 1.54) is 19.3 Å². The second-order valence-electron chi connectivity index (χ2n) is 6.56. The molecule has 0 aromatic carbocycles. The van der Waals surface area contributed by atoms with E-state index in [1.54, 1.807) is 7.11 Å². The van der Waals surface area contributed by atoms with E-state index < -0.39 is 0 Å². The molecule has 2 aliphatic rings. The predicted molar refractivity (Wildman–Crippen MR) is 78.5 cm³/mol. The molecule has 116 valence electrons. The fraction of sp³-hybridized carbons (Fsp3) is 0.938. The first-order chi connectivity index (χ1) is 9.61. The molecule has 0 aromatic rings. The third-order valence-corrected chi connectivity index (χ3v) is 4.73. The lowest BCUT2D eigenvalue weighted by Gasteiger charge is -2.46. The van der Waals surface area contributed by atoms with Gasteiger partial charge in [0.1, 0.15) is 0 Å². The number of rotatable bonds is 5. The van der Waals surface area contributed by atoms with Crippen molar-refractivity contribution in [1.82, 2.24) is 5.32 Å². The Kier molecular flexibility index (Phi) is 5.85. The highest BCUT2D eigenvalue weighted by Gasteiger charge is 2.41. The zero-order valence-corrected chi connectivity index (χ0v) is 13.1. The van der Waals surface area contributed by atoms with Crippen LogP contribution in [0.1, 0.15) is 52.4 Å². The van der Waals surface area contributed by atoms with Gasteiger partial charge in [-0.2, -0.15) is 0 Å². The van der Waals surface area contributed by atoms with Gasteiger partial charge in [0.05, 0.1) is 18.8 Å². The topological polar surface area (TPSA) is 47.6 Å². The SMILES string of the molecule is COCCC(=O)N[C@@H]1C[C@H](C(C)C)O[C@@H]2CCCC[C@@H]12. The van der Waals surface area contributed by atoms with Crippen molar-refractivity contribution < 1.29 is 14.3 Å². The summed E-state index contributed by atoms with van der Waals surface area (Å²) in [5.74, 6) is 1.13. The van der Waals surface area contributed by atoms with Crippen molar-refractivity contribution in [2.45, 2.75) is 70.6 Å². The molecule has 1 saturated heterocycles. The maximum absolute atomic E-state index is 12.0. The van der Waals surface area contributed by atoms with E-state index >= 15 is 0 Å². The van der Waals surface area contributed by atoms with Crippen molar-refractivity contribution in [2.75, 3.05) is 13.7 Å². The van der Waals surface area contributed by atoms with Gasteiger partial charge < -0.3 is 14.8 Å². The van der Waals surface area contributed by atoms with Crippen molar-refractivity contribution in [3.8, 4) is 0 Å². The molecule has 2 fully saturated rings. The first-order valence-electron chi connectivity index (χ1n) is 8.05. The summed E-state index contributed by atoms with van der Waals surface area (Å²) in [4.78, 5) is 12.0. The van der Waals surface area contributed by atoms with E-state index in [4.69, 9.17) is 9.47 Å². The van der Waals surface area contributed by atoms with Crippen LogP contribution in [-0.4, -0.2) is 37.9 Å². The van der Waals surface area contributed by atoms with Crippen LogP contribution in [0.3, 0.4) is 0 Å². The summed E-state index contributed by atoms with van der Waals surface area (Å²) in [6.07, 6.45) is 6.90. The maximum atomic E-state index is 12.0. The molecule has 4 atom stereocenters. The molecule has 4 heteroatoms. The average molecular weight is 283 g/mol. The van der Waals surface area contributed by atoms with Gasteiger partial charge >= 0.3 is 0 Å². The number of methoxy groups -OCH3 is 1. The minimum absolute atomic E-state index is 0.116. The summed E-state index contributed by atoms with van der Waals surface area (Å²) in [5, 5.41) is 3.24. The lowest BCUT2D eigenvalue weighted by atomic mass is 9.76. The van der Waals surface area contributed by atoms with Crippen LogP contribution in [0.15, 0.2) is 0 Å². The largest absolute Gasteiger partial charge is 0.384 e. The Morgan fingerprint density at radius 2 is 2.10 bits per heavy atom. The van der Waals surface area contributed by atoms with Crippen LogP contribution in [-0.2, 0) is 14.3 Å². The third-order valence-electron chi connectivity index (χ3n) is 4.73. The second kappa shape index (κ2) is 7.41. The molecule has 1 amide bonds. The van der Waals surface area contributed by atoms with Crippen LogP contribution in [0.4, 0.5) is 0 Å². The minimum atomic E-state index is 0.116. The quantitative estimate of drug-likeness (QED) is 0.843. The summed E-state index contributed by atoms with van der Waals surface area (Å²) in [5.41, 5.74) is 0. The average Bonchev–Trinajstić information content (AvgIpc) is 2.44. The van der Waals surface area contributed by atoms with Crippen molar-refractivity contribution in [3.63, 3.8) is 0 Å². The zero-order chi connectivity index (χ0) is 14.5. The molecule has 1 N–H and O–H groups in total. The fourth-order valence-electron chi connectivity index (χ4n) is 3.53. The Bertz CT molecular complexity index is 319. The fourth-order valence-corrected chi connectivity index (χ4v) is 3.53. The molecular weight excluding hydrogens is 254 g/mol. The molecule has 0 radical (unpaired) electrons. The van der Waals surface area contributed by atoms with Crippen molar-refractivity contribution in [3.05, 3.63) is 0 Å². The standard InChI is InChI=1S/C16H29NO3/c1-11(2)15-10-13(17-16(18)8-9-19-3)12-6-4-5-7-14(12)20-15/h11-15H,4-10H2,1-3H3,(H,17,18)/t12-,13+,14+,15+/m0/s1. The van der Waals surface area contributed by atoms with Crippen LogP contribution in [0, 0.1) is 11.8 Å². The number of fused-ring (bicyclic) bond motifs is 1. The maximum Gasteiger partial charge on any atom is 0.222 e. The Morgan fingerprint density at radius 1 is 1.35 bits per heavy atom. The summed E-state index contributed by atoms with van der Waals surface area (Å²) >= 11 is 0. The van der Waals surface area contributed by atoms with Crippen LogP contribution >= 0.6 is 0 Å². The molecule has 2 rings (SSSR count). The molecule has 0 aromatic heterocycles. The van der Waals surface area contributed by atoms with Gasteiger partial charge in [-0.1, -0.05) is 26.7 Å². The van der Waals surface area contributed by atoms with E-state index in [2.05, 4.69) is 19.2 Å². The second-order valence-corrected chi connectivity index (χ2v) is 6.56. The number of hydrogen-bond donors (Lipinski definition) is 1. The highest BCUT2D eigenvalue weighted by Crippen LogP contribution is 2.37. The minimum Gasteiger partial charge on any atom is -0.384 e. The zero-order valence-electron chi connectivity index (χ0n) is 13.1. The predicted octanol–water partition coefficient (Wildman–Crippen LogP) is 2.51. The molecule has 0 bridgehead atoms. The number of carbonyl (C=O) groups excluding carboxylic acids is 1. The first kappa shape index (κ1) is 15.8. The van der Waals surface area contributed by atoms with E-state index in [1.807, 2.05) is 0 Å². The van der Waals surface area contributed by atoms with Crippen molar-refractivity contribution in [2.24, 2.45) is 11.8 Å². The van der Waals surface area contributed by atoms with Crippen LogP contribution in [0.2, 0.25) is 0 Å². The van der Waals surface area contributed by atoms with Crippen LogP contribution in [0.5, 0.6) is 0 Å². The highest BCUT2D eigenvalue weighted by molar-refractivity contribution is 5.76. The third kappa shape index (κ3) is 3.95. The molecule has 0 spiro atoms. The molecule has 1 aliphatic carbocycles. The monoisotopic (exact) mass is 283 g/mol. The number of amides is 1. The normalized spacial score (nSPS) is 33.8. The smallest absolute Gasteiger partial charge is 0.222 e. The molecule has 0 unspecified atom stereocenters. The number of carbonyl (C=O) groups is 1. The van der Waals surface area contributed by atoms with Gasteiger partial charge in [0.25, 0.3) is 0 Å². The number of hydrogen-bond acceptors (Lipinski definition) is 3. The first-order valence-corrected chi connectivity index (χ1v) is 8.05. The number of nitrogens with one attached hydrogen (secondary N) is 1.